The minimum absolute atomic E-state index is 1.12. The van der Waals surface area contributed by atoms with Crippen LogP contribution in [0.4, 0.5) is 0 Å². The third-order valence-corrected chi connectivity index (χ3v) is 4.77. The van der Waals surface area contributed by atoms with E-state index in [0.717, 1.165) is 6.42 Å². The largest absolute Gasteiger partial charge is 0.144 e. The molecule has 0 aliphatic heterocycles. The second-order valence-corrected chi connectivity index (χ2v) is 5.92. The van der Waals surface area contributed by atoms with Crippen LogP contribution in [0.1, 0.15) is 48.3 Å². The highest BCUT2D eigenvalue weighted by atomic mass is 32.1. The Bertz CT molecular complexity index is 604. The number of benzene rings is 1. The normalized spacial score (nSPS) is 14.5. The molecule has 0 N–H and O–H groups in total. The van der Waals surface area contributed by atoms with Gasteiger partial charge in [-0.05, 0) is 52.6 Å². The molecule has 1 heteroatoms. The van der Waals surface area contributed by atoms with Gasteiger partial charge in [0.1, 0.15) is 0 Å². The van der Waals surface area contributed by atoms with Crippen molar-refractivity contribution in [2.45, 2.75) is 33.1 Å². The summed E-state index contributed by atoms with van der Waals surface area (Å²) in [5, 5.41) is 2.22. The first-order valence-corrected chi connectivity index (χ1v) is 7.97. The Hall–Kier alpha value is -1.34. The fourth-order valence-corrected chi connectivity index (χ4v) is 3.90. The van der Waals surface area contributed by atoms with E-state index in [-0.39, 0.29) is 0 Å². The zero-order chi connectivity index (χ0) is 13.2. The number of thiophene rings is 1. The van der Waals surface area contributed by atoms with Crippen molar-refractivity contribution in [2.24, 2.45) is 0 Å². The maximum Gasteiger partial charge on any atom is 0.0360 e. The quantitative estimate of drug-likeness (QED) is 0.677. The Balaban J connectivity index is 2.07. The van der Waals surface area contributed by atoms with Crippen molar-refractivity contribution in [3.8, 4) is 0 Å². The molecule has 19 heavy (non-hydrogen) atoms. The van der Waals surface area contributed by atoms with Gasteiger partial charge < -0.3 is 0 Å². The molecule has 0 saturated heterocycles. The summed E-state index contributed by atoms with van der Waals surface area (Å²) in [6, 6.07) is 11.1. The molecule has 0 spiro atoms. The number of allylic oxidation sites excluding steroid dienone is 1. The standard InChI is InChI=1S/C18H19S/c1-3-7-16-15-9-6-5-8-14(15)12-17(16)18-13(4-2)10-11-19-18/h5-6,8-12H,3-4,7H2,1-2H3. The monoisotopic (exact) mass is 267 g/mol. The lowest BCUT2D eigenvalue weighted by atomic mass is 9.89. The van der Waals surface area contributed by atoms with Gasteiger partial charge in [-0.2, -0.15) is 0 Å². The lowest BCUT2D eigenvalue weighted by Crippen LogP contribution is -1.99. The first-order valence-electron chi connectivity index (χ1n) is 7.09. The Morgan fingerprint density at radius 2 is 1.89 bits per heavy atom. The topological polar surface area (TPSA) is 0 Å². The maximum absolute atomic E-state index is 2.38. The Kier molecular flexibility index (Phi) is 3.56. The van der Waals surface area contributed by atoms with Gasteiger partial charge in [-0.1, -0.05) is 44.5 Å². The summed E-state index contributed by atoms with van der Waals surface area (Å²) in [5.41, 5.74) is 5.78. The summed E-state index contributed by atoms with van der Waals surface area (Å²) < 4.78 is 0. The third-order valence-electron chi connectivity index (χ3n) is 3.78. The number of aryl methyl sites for hydroxylation is 1. The zero-order valence-corrected chi connectivity index (χ0v) is 12.4. The fourth-order valence-electron chi connectivity index (χ4n) is 2.86. The molecular weight excluding hydrogens is 248 g/mol. The first kappa shape index (κ1) is 12.7. The highest BCUT2D eigenvalue weighted by Crippen LogP contribution is 2.45. The molecule has 1 aromatic heterocycles. The molecule has 1 aliphatic rings. The molecule has 1 heterocycles. The molecule has 1 aliphatic carbocycles. The minimum Gasteiger partial charge on any atom is -0.144 e. The minimum atomic E-state index is 1.12. The van der Waals surface area contributed by atoms with Crippen molar-refractivity contribution in [1.82, 2.24) is 0 Å². The smallest absolute Gasteiger partial charge is 0.0360 e. The molecule has 0 saturated carbocycles. The average molecular weight is 267 g/mol. The predicted molar refractivity (Wildman–Crippen MR) is 85.3 cm³/mol. The molecule has 0 nitrogen and oxygen atoms in total. The highest BCUT2D eigenvalue weighted by Gasteiger charge is 2.27. The van der Waals surface area contributed by atoms with Gasteiger partial charge in [-0.25, -0.2) is 0 Å². The first-order chi connectivity index (χ1) is 9.35. The summed E-state index contributed by atoms with van der Waals surface area (Å²) in [7, 11) is 0. The SMILES string of the molecule is CCC[C]1C(c2sccc2CC)=Cc2ccccc21. The van der Waals surface area contributed by atoms with Gasteiger partial charge in [0, 0.05) is 10.8 Å². The van der Waals surface area contributed by atoms with Crippen molar-refractivity contribution < 1.29 is 0 Å². The van der Waals surface area contributed by atoms with E-state index in [9.17, 15) is 0 Å². The van der Waals surface area contributed by atoms with Crippen LogP contribution in [0.2, 0.25) is 0 Å². The van der Waals surface area contributed by atoms with Crippen molar-refractivity contribution in [3.05, 3.63) is 63.2 Å². The zero-order valence-electron chi connectivity index (χ0n) is 11.6. The van der Waals surface area contributed by atoms with Gasteiger partial charge in [0.05, 0.1) is 0 Å². The summed E-state index contributed by atoms with van der Waals surface area (Å²) >= 11 is 1.88. The fraction of sp³-hybridized carbons (Fsp3) is 0.278. The van der Waals surface area contributed by atoms with Crippen molar-refractivity contribution in [3.63, 3.8) is 0 Å². The summed E-state index contributed by atoms with van der Waals surface area (Å²) in [6.45, 7) is 4.51. The van der Waals surface area contributed by atoms with E-state index in [2.05, 4.69) is 55.6 Å². The molecule has 97 valence electrons. The lowest BCUT2D eigenvalue weighted by Gasteiger charge is -2.15. The summed E-state index contributed by atoms with van der Waals surface area (Å²) in [5.74, 6) is 1.54. The van der Waals surface area contributed by atoms with E-state index in [1.165, 1.54) is 45.9 Å². The van der Waals surface area contributed by atoms with Crippen LogP contribution in [0.15, 0.2) is 35.7 Å². The van der Waals surface area contributed by atoms with E-state index in [1.54, 1.807) is 0 Å². The molecule has 0 atom stereocenters. The molecule has 1 radical (unpaired) electrons. The van der Waals surface area contributed by atoms with E-state index in [0.29, 0.717) is 0 Å². The second-order valence-electron chi connectivity index (χ2n) is 5.00. The van der Waals surface area contributed by atoms with Crippen LogP contribution < -0.4 is 0 Å². The molecule has 0 bridgehead atoms. The van der Waals surface area contributed by atoms with Crippen LogP contribution >= 0.6 is 11.3 Å². The Morgan fingerprint density at radius 3 is 2.68 bits per heavy atom. The molecule has 2 aromatic rings. The van der Waals surface area contributed by atoms with Gasteiger partial charge in [-0.15, -0.1) is 11.3 Å². The van der Waals surface area contributed by atoms with Crippen LogP contribution in [0.5, 0.6) is 0 Å². The van der Waals surface area contributed by atoms with E-state index in [1.807, 2.05) is 11.3 Å². The number of hydrogen-bond acceptors (Lipinski definition) is 1. The number of rotatable bonds is 4. The third kappa shape index (κ3) is 2.17. The van der Waals surface area contributed by atoms with Crippen LogP contribution in [0.3, 0.4) is 0 Å². The molecule has 0 fully saturated rings. The summed E-state index contributed by atoms with van der Waals surface area (Å²) in [6.07, 6.45) is 5.87. The van der Waals surface area contributed by atoms with Gasteiger partial charge in [0.2, 0.25) is 0 Å². The van der Waals surface area contributed by atoms with Gasteiger partial charge in [-0.3, -0.25) is 0 Å². The molecule has 3 rings (SSSR count). The highest BCUT2D eigenvalue weighted by molar-refractivity contribution is 7.11. The molecule has 0 amide bonds. The van der Waals surface area contributed by atoms with E-state index < -0.39 is 0 Å². The number of fused-ring (bicyclic) bond motifs is 1. The maximum atomic E-state index is 2.38. The van der Waals surface area contributed by atoms with Gasteiger partial charge >= 0.3 is 0 Å². The Morgan fingerprint density at radius 1 is 1.05 bits per heavy atom. The van der Waals surface area contributed by atoms with Gasteiger partial charge in [0.15, 0.2) is 0 Å². The molecular formula is C18H19S. The number of hydrogen-bond donors (Lipinski definition) is 0. The Labute approximate surface area is 119 Å². The van der Waals surface area contributed by atoms with Crippen LogP contribution in [-0.2, 0) is 6.42 Å². The van der Waals surface area contributed by atoms with E-state index in [4.69, 9.17) is 0 Å². The molecule has 1 aromatic carbocycles. The van der Waals surface area contributed by atoms with Crippen LogP contribution in [-0.4, -0.2) is 0 Å². The van der Waals surface area contributed by atoms with Gasteiger partial charge in [0.25, 0.3) is 0 Å². The van der Waals surface area contributed by atoms with Crippen LogP contribution in [0, 0.1) is 5.92 Å². The molecule has 0 unspecified atom stereocenters. The van der Waals surface area contributed by atoms with Crippen molar-refractivity contribution >= 4 is 23.0 Å². The van der Waals surface area contributed by atoms with Crippen molar-refractivity contribution in [2.75, 3.05) is 0 Å². The van der Waals surface area contributed by atoms with E-state index >= 15 is 0 Å². The second kappa shape index (κ2) is 5.34. The van der Waals surface area contributed by atoms with Crippen molar-refractivity contribution in [1.29, 1.82) is 0 Å². The van der Waals surface area contributed by atoms with Crippen LogP contribution in [0.25, 0.3) is 11.6 Å². The lowest BCUT2D eigenvalue weighted by molar-refractivity contribution is 0.872. The summed E-state index contributed by atoms with van der Waals surface area (Å²) in [4.78, 5) is 1.47. The average Bonchev–Trinajstić information content (AvgIpc) is 3.03. The predicted octanol–water partition coefficient (Wildman–Crippen LogP) is 5.59.